The van der Waals surface area contributed by atoms with Gasteiger partial charge in [0.05, 0.1) is 6.61 Å². The molecule has 0 saturated heterocycles. The summed E-state index contributed by atoms with van der Waals surface area (Å²) < 4.78 is 10.5. The van der Waals surface area contributed by atoms with Crippen molar-refractivity contribution in [3.8, 4) is 5.75 Å². The van der Waals surface area contributed by atoms with Crippen LogP contribution >= 0.6 is 0 Å². The van der Waals surface area contributed by atoms with E-state index in [9.17, 15) is 4.79 Å². The lowest BCUT2D eigenvalue weighted by atomic mass is 10.2. The number of hydrogen-bond donors (Lipinski definition) is 1. The molecule has 17 heavy (non-hydrogen) atoms. The van der Waals surface area contributed by atoms with Gasteiger partial charge >= 0.3 is 5.97 Å². The number of aryl methyl sites for hydroxylation is 1. The Bertz CT molecular complexity index is 365. The van der Waals surface area contributed by atoms with Crippen molar-refractivity contribution in [2.24, 2.45) is 0 Å². The van der Waals surface area contributed by atoms with Crippen molar-refractivity contribution < 1.29 is 14.3 Å². The van der Waals surface area contributed by atoms with Crippen molar-refractivity contribution in [3.05, 3.63) is 29.8 Å². The molecule has 0 aromatic heterocycles. The number of benzene rings is 1. The highest BCUT2D eigenvalue weighted by Gasteiger charge is 2.18. The summed E-state index contributed by atoms with van der Waals surface area (Å²) in [4.78, 5) is 11.5. The van der Waals surface area contributed by atoms with E-state index in [0.717, 1.165) is 11.3 Å². The van der Waals surface area contributed by atoms with Gasteiger partial charge < -0.3 is 14.8 Å². The molecular weight excluding hydrogens is 218 g/mol. The number of likely N-dealkylation sites (N-methyl/N-ethyl adjacent to an activating group) is 1. The van der Waals surface area contributed by atoms with Gasteiger partial charge in [0.1, 0.15) is 18.4 Å². The third kappa shape index (κ3) is 4.44. The van der Waals surface area contributed by atoms with E-state index < -0.39 is 6.04 Å². The Hall–Kier alpha value is -1.55. The maximum atomic E-state index is 11.5. The van der Waals surface area contributed by atoms with Crippen LogP contribution in [0.4, 0.5) is 0 Å². The first-order valence-electron chi connectivity index (χ1n) is 5.70. The summed E-state index contributed by atoms with van der Waals surface area (Å²) in [6.07, 6.45) is 0. The summed E-state index contributed by atoms with van der Waals surface area (Å²) in [5.74, 6) is 0.470. The quantitative estimate of drug-likeness (QED) is 0.762. The Morgan fingerprint density at radius 2 is 2.24 bits per heavy atom. The molecule has 1 unspecified atom stereocenters. The predicted octanol–water partition coefficient (Wildman–Crippen LogP) is 1.52. The van der Waals surface area contributed by atoms with Gasteiger partial charge in [0.2, 0.25) is 0 Å². The number of esters is 1. The topological polar surface area (TPSA) is 47.6 Å². The Balaban J connectivity index is 2.50. The SMILES string of the molecule is CCOC(=O)C(COc1cccc(C)c1)NC. The van der Waals surface area contributed by atoms with Crippen LogP contribution in [0.5, 0.6) is 5.75 Å². The second-order valence-corrected chi connectivity index (χ2v) is 3.72. The molecule has 0 amide bonds. The van der Waals surface area contributed by atoms with Crippen LogP contribution in [-0.4, -0.2) is 32.3 Å². The van der Waals surface area contributed by atoms with Gasteiger partial charge in [0, 0.05) is 0 Å². The summed E-state index contributed by atoms with van der Waals surface area (Å²) in [6, 6.07) is 7.27. The first kappa shape index (κ1) is 13.5. The zero-order valence-electron chi connectivity index (χ0n) is 10.5. The molecule has 0 aliphatic rings. The molecule has 1 N–H and O–H groups in total. The predicted molar refractivity (Wildman–Crippen MR) is 66.2 cm³/mol. The van der Waals surface area contributed by atoms with Crippen LogP contribution in [0, 0.1) is 6.92 Å². The molecule has 0 heterocycles. The van der Waals surface area contributed by atoms with Gasteiger partial charge in [-0.15, -0.1) is 0 Å². The number of carbonyl (C=O) groups excluding carboxylic acids is 1. The van der Waals surface area contributed by atoms with E-state index in [1.54, 1.807) is 14.0 Å². The molecule has 0 radical (unpaired) electrons. The zero-order chi connectivity index (χ0) is 12.7. The molecule has 4 nitrogen and oxygen atoms in total. The number of ether oxygens (including phenoxy) is 2. The van der Waals surface area contributed by atoms with Crippen molar-refractivity contribution in [2.45, 2.75) is 19.9 Å². The molecular formula is C13H19NO3. The fourth-order valence-electron chi connectivity index (χ4n) is 1.40. The second-order valence-electron chi connectivity index (χ2n) is 3.72. The van der Waals surface area contributed by atoms with E-state index in [1.165, 1.54) is 0 Å². The van der Waals surface area contributed by atoms with Crippen LogP contribution in [0.2, 0.25) is 0 Å². The van der Waals surface area contributed by atoms with Crippen LogP contribution < -0.4 is 10.1 Å². The van der Waals surface area contributed by atoms with Crippen LogP contribution in [0.25, 0.3) is 0 Å². The van der Waals surface area contributed by atoms with E-state index in [4.69, 9.17) is 9.47 Å². The highest BCUT2D eigenvalue weighted by Crippen LogP contribution is 2.12. The third-order valence-electron chi connectivity index (χ3n) is 2.33. The van der Waals surface area contributed by atoms with E-state index in [1.807, 2.05) is 31.2 Å². The highest BCUT2D eigenvalue weighted by atomic mass is 16.5. The molecule has 0 bridgehead atoms. The first-order chi connectivity index (χ1) is 8.17. The van der Waals surface area contributed by atoms with E-state index in [-0.39, 0.29) is 12.6 Å². The van der Waals surface area contributed by atoms with Gasteiger partial charge in [-0.25, -0.2) is 0 Å². The van der Waals surface area contributed by atoms with Crippen molar-refractivity contribution in [2.75, 3.05) is 20.3 Å². The van der Waals surface area contributed by atoms with Gasteiger partial charge in [0.25, 0.3) is 0 Å². The molecule has 94 valence electrons. The molecule has 0 spiro atoms. The summed E-state index contributed by atoms with van der Waals surface area (Å²) >= 11 is 0. The van der Waals surface area contributed by atoms with Crippen molar-refractivity contribution in [3.63, 3.8) is 0 Å². The average Bonchev–Trinajstić information content (AvgIpc) is 2.30. The monoisotopic (exact) mass is 237 g/mol. The second kappa shape index (κ2) is 6.91. The Labute approximate surface area is 102 Å². The largest absolute Gasteiger partial charge is 0.491 e. The molecule has 0 saturated carbocycles. The number of carbonyl (C=O) groups is 1. The zero-order valence-corrected chi connectivity index (χ0v) is 10.5. The normalized spacial score (nSPS) is 11.9. The number of nitrogens with one attached hydrogen (secondary N) is 1. The lowest BCUT2D eigenvalue weighted by Gasteiger charge is -2.15. The first-order valence-corrected chi connectivity index (χ1v) is 5.70. The molecule has 1 atom stereocenters. The fourth-order valence-corrected chi connectivity index (χ4v) is 1.40. The summed E-state index contributed by atoms with van der Waals surface area (Å²) in [5.41, 5.74) is 1.12. The maximum Gasteiger partial charge on any atom is 0.326 e. The smallest absolute Gasteiger partial charge is 0.326 e. The van der Waals surface area contributed by atoms with Gasteiger partial charge in [0.15, 0.2) is 0 Å². The van der Waals surface area contributed by atoms with Gasteiger partial charge in [-0.05, 0) is 38.6 Å². The number of rotatable bonds is 6. The van der Waals surface area contributed by atoms with Crippen molar-refractivity contribution >= 4 is 5.97 Å². The maximum absolute atomic E-state index is 11.5. The third-order valence-corrected chi connectivity index (χ3v) is 2.33. The van der Waals surface area contributed by atoms with Crippen molar-refractivity contribution in [1.29, 1.82) is 0 Å². The van der Waals surface area contributed by atoms with Crippen LogP contribution in [0.3, 0.4) is 0 Å². The summed E-state index contributed by atoms with van der Waals surface area (Å²) in [5, 5.41) is 2.87. The molecule has 0 aliphatic heterocycles. The Morgan fingerprint density at radius 3 is 2.82 bits per heavy atom. The summed E-state index contributed by atoms with van der Waals surface area (Å²) in [6.45, 7) is 4.42. The Kier molecular flexibility index (Phi) is 5.49. The van der Waals surface area contributed by atoms with Crippen LogP contribution in [0.15, 0.2) is 24.3 Å². The average molecular weight is 237 g/mol. The van der Waals surface area contributed by atoms with Crippen LogP contribution in [0.1, 0.15) is 12.5 Å². The van der Waals surface area contributed by atoms with E-state index in [2.05, 4.69) is 5.32 Å². The van der Waals surface area contributed by atoms with Crippen LogP contribution in [-0.2, 0) is 9.53 Å². The molecule has 4 heteroatoms. The standard InChI is InChI=1S/C13H19NO3/c1-4-16-13(15)12(14-3)9-17-11-7-5-6-10(2)8-11/h5-8,12,14H,4,9H2,1-3H3. The molecule has 0 aliphatic carbocycles. The minimum absolute atomic E-state index is 0.263. The van der Waals surface area contributed by atoms with Gasteiger partial charge in [-0.3, -0.25) is 4.79 Å². The minimum Gasteiger partial charge on any atom is -0.491 e. The molecule has 1 aromatic carbocycles. The van der Waals surface area contributed by atoms with Crippen molar-refractivity contribution in [1.82, 2.24) is 5.32 Å². The molecule has 0 fully saturated rings. The minimum atomic E-state index is -0.435. The highest BCUT2D eigenvalue weighted by molar-refractivity contribution is 5.75. The Morgan fingerprint density at radius 1 is 1.47 bits per heavy atom. The molecule has 1 aromatic rings. The summed E-state index contributed by atoms with van der Waals surface area (Å²) in [7, 11) is 1.71. The van der Waals surface area contributed by atoms with E-state index >= 15 is 0 Å². The molecule has 1 rings (SSSR count). The lowest BCUT2D eigenvalue weighted by Crippen LogP contribution is -2.40. The lowest BCUT2D eigenvalue weighted by molar-refractivity contribution is -0.146. The van der Waals surface area contributed by atoms with Gasteiger partial charge in [-0.1, -0.05) is 12.1 Å². The number of hydrogen-bond acceptors (Lipinski definition) is 4. The van der Waals surface area contributed by atoms with Gasteiger partial charge in [-0.2, -0.15) is 0 Å². The fraction of sp³-hybridized carbons (Fsp3) is 0.462. The van der Waals surface area contributed by atoms with E-state index in [0.29, 0.717) is 6.61 Å².